The molecule has 0 aromatic heterocycles. The number of nitrogens with one attached hydrogen (secondary N) is 1. The van der Waals surface area contributed by atoms with E-state index in [9.17, 15) is 9.90 Å². The lowest BCUT2D eigenvalue weighted by molar-refractivity contribution is -0.122. The first-order chi connectivity index (χ1) is 10.2. The first-order valence-corrected chi connectivity index (χ1v) is 7.36. The van der Waals surface area contributed by atoms with Crippen molar-refractivity contribution < 1.29 is 14.6 Å². The second-order valence-electron chi connectivity index (χ2n) is 4.93. The minimum atomic E-state index is -0.107. The SMILES string of the molecule is COCCN1C(=S)NC(=O)C[C@@H]1c1ccccc1CCO. The maximum atomic E-state index is 11.8. The fourth-order valence-electron chi connectivity index (χ4n) is 2.60. The minimum absolute atomic E-state index is 0.0718. The van der Waals surface area contributed by atoms with Crippen molar-refractivity contribution in [1.82, 2.24) is 10.2 Å². The average molecular weight is 308 g/mol. The van der Waals surface area contributed by atoms with E-state index < -0.39 is 0 Å². The highest BCUT2D eigenvalue weighted by Crippen LogP contribution is 2.30. The number of carbonyl (C=O) groups is 1. The topological polar surface area (TPSA) is 61.8 Å². The fourth-order valence-corrected chi connectivity index (χ4v) is 2.93. The zero-order valence-electron chi connectivity index (χ0n) is 12.0. The van der Waals surface area contributed by atoms with Crippen LogP contribution in [-0.4, -0.2) is 47.9 Å². The molecule has 0 spiro atoms. The molecule has 0 unspecified atom stereocenters. The molecule has 1 aromatic carbocycles. The van der Waals surface area contributed by atoms with Gasteiger partial charge in [0.05, 0.1) is 19.1 Å². The molecule has 6 heteroatoms. The normalized spacial score (nSPS) is 18.8. The van der Waals surface area contributed by atoms with E-state index in [2.05, 4.69) is 5.32 Å². The van der Waals surface area contributed by atoms with Crippen LogP contribution in [0.1, 0.15) is 23.6 Å². The van der Waals surface area contributed by atoms with E-state index in [0.29, 0.717) is 31.1 Å². The lowest BCUT2D eigenvalue weighted by atomic mass is 9.94. The van der Waals surface area contributed by atoms with Gasteiger partial charge in [0.15, 0.2) is 5.11 Å². The largest absolute Gasteiger partial charge is 0.396 e. The molecule has 21 heavy (non-hydrogen) atoms. The van der Waals surface area contributed by atoms with Crippen molar-refractivity contribution >= 4 is 23.2 Å². The second kappa shape index (κ2) is 7.49. The van der Waals surface area contributed by atoms with Gasteiger partial charge in [-0.3, -0.25) is 4.79 Å². The highest BCUT2D eigenvalue weighted by atomic mass is 32.1. The Kier molecular flexibility index (Phi) is 5.67. The van der Waals surface area contributed by atoms with Crippen molar-refractivity contribution in [2.24, 2.45) is 0 Å². The molecular weight excluding hydrogens is 288 g/mol. The number of ether oxygens (including phenoxy) is 1. The number of rotatable bonds is 6. The third kappa shape index (κ3) is 3.78. The predicted molar refractivity (Wildman–Crippen MR) is 83.9 cm³/mol. The quantitative estimate of drug-likeness (QED) is 0.768. The van der Waals surface area contributed by atoms with E-state index in [-0.39, 0.29) is 18.6 Å². The first-order valence-electron chi connectivity index (χ1n) is 6.95. The van der Waals surface area contributed by atoms with Gasteiger partial charge in [0, 0.05) is 20.3 Å². The Morgan fingerprint density at radius 3 is 2.95 bits per heavy atom. The second-order valence-corrected chi connectivity index (χ2v) is 5.32. The maximum absolute atomic E-state index is 11.8. The number of hydrogen-bond acceptors (Lipinski definition) is 4. The summed E-state index contributed by atoms with van der Waals surface area (Å²) in [6.07, 6.45) is 0.922. The molecule has 2 rings (SSSR count). The Morgan fingerprint density at radius 2 is 2.24 bits per heavy atom. The Labute approximate surface area is 129 Å². The van der Waals surface area contributed by atoms with Crippen molar-refractivity contribution in [2.45, 2.75) is 18.9 Å². The summed E-state index contributed by atoms with van der Waals surface area (Å²) in [5.74, 6) is -0.0718. The number of thiocarbonyl (C=S) groups is 1. The summed E-state index contributed by atoms with van der Waals surface area (Å²) in [4.78, 5) is 13.8. The van der Waals surface area contributed by atoms with Gasteiger partial charge in [0.2, 0.25) is 5.91 Å². The number of methoxy groups -OCH3 is 1. The molecule has 1 aliphatic rings. The molecule has 1 atom stereocenters. The van der Waals surface area contributed by atoms with Gasteiger partial charge in [-0.15, -0.1) is 0 Å². The van der Waals surface area contributed by atoms with E-state index >= 15 is 0 Å². The number of nitrogens with zero attached hydrogens (tertiary/aromatic N) is 1. The Hall–Kier alpha value is -1.50. The summed E-state index contributed by atoms with van der Waals surface area (Å²) in [6.45, 7) is 1.24. The van der Waals surface area contributed by atoms with E-state index in [4.69, 9.17) is 17.0 Å². The van der Waals surface area contributed by atoms with Crippen LogP contribution in [0.15, 0.2) is 24.3 Å². The summed E-state index contributed by atoms with van der Waals surface area (Å²) in [5, 5.41) is 12.4. The zero-order valence-corrected chi connectivity index (χ0v) is 12.9. The van der Waals surface area contributed by atoms with Gasteiger partial charge in [-0.05, 0) is 29.8 Å². The lowest BCUT2D eigenvalue weighted by Gasteiger charge is -2.38. The fraction of sp³-hybridized carbons (Fsp3) is 0.467. The molecule has 1 fully saturated rings. The molecule has 1 amide bonds. The number of aliphatic hydroxyl groups is 1. The molecule has 5 nitrogen and oxygen atoms in total. The van der Waals surface area contributed by atoms with Crippen molar-refractivity contribution in [2.75, 3.05) is 26.9 Å². The molecule has 0 saturated carbocycles. The number of benzene rings is 1. The minimum Gasteiger partial charge on any atom is -0.396 e. The van der Waals surface area contributed by atoms with Crippen LogP contribution in [0.3, 0.4) is 0 Å². The third-order valence-electron chi connectivity index (χ3n) is 3.59. The predicted octanol–water partition coefficient (Wildman–Crippen LogP) is 1.02. The maximum Gasteiger partial charge on any atom is 0.228 e. The van der Waals surface area contributed by atoms with E-state index in [1.54, 1.807) is 7.11 Å². The van der Waals surface area contributed by atoms with E-state index in [0.717, 1.165) is 11.1 Å². The molecule has 1 heterocycles. The average Bonchev–Trinajstić information content (AvgIpc) is 2.47. The van der Waals surface area contributed by atoms with Gasteiger partial charge in [0.25, 0.3) is 0 Å². The van der Waals surface area contributed by atoms with E-state index in [1.165, 1.54) is 0 Å². The molecule has 0 radical (unpaired) electrons. The first kappa shape index (κ1) is 15.9. The number of carbonyl (C=O) groups excluding carboxylic acids is 1. The Balaban J connectivity index is 2.32. The van der Waals surface area contributed by atoms with Crippen LogP contribution >= 0.6 is 12.2 Å². The summed E-state index contributed by atoms with van der Waals surface area (Å²) >= 11 is 5.29. The van der Waals surface area contributed by atoms with Crippen molar-refractivity contribution in [3.05, 3.63) is 35.4 Å². The summed E-state index contributed by atoms with van der Waals surface area (Å²) in [7, 11) is 1.64. The van der Waals surface area contributed by atoms with Gasteiger partial charge in [-0.2, -0.15) is 0 Å². The lowest BCUT2D eigenvalue weighted by Crippen LogP contribution is -2.51. The van der Waals surface area contributed by atoms with Crippen LogP contribution in [0.25, 0.3) is 0 Å². The standard InChI is InChI=1S/C15H20N2O3S/c1-20-9-7-17-13(10-14(19)16-15(17)21)12-5-3-2-4-11(12)6-8-18/h2-5,13,18H,6-10H2,1H3,(H,16,19,21)/t13-/m1/s1. The van der Waals surface area contributed by atoms with Crippen molar-refractivity contribution in [3.63, 3.8) is 0 Å². The van der Waals surface area contributed by atoms with Gasteiger partial charge < -0.3 is 20.1 Å². The van der Waals surface area contributed by atoms with Crippen molar-refractivity contribution in [1.29, 1.82) is 0 Å². The van der Waals surface area contributed by atoms with Crippen molar-refractivity contribution in [3.8, 4) is 0 Å². The van der Waals surface area contributed by atoms with Crippen LogP contribution in [0.5, 0.6) is 0 Å². The summed E-state index contributed by atoms with van der Waals surface area (Å²) < 4.78 is 5.13. The zero-order chi connectivity index (χ0) is 15.2. The molecule has 1 aliphatic heterocycles. The Bertz CT molecular complexity index is 521. The van der Waals surface area contributed by atoms with E-state index in [1.807, 2.05) is 29.2 Å². The number of amides is 1. The van der Waals surface area contributed by atoms with Crippen LogP contribution in [0.2, 0.25) is 0 Å². The molecular formula is C15H20N2O3S. The molecule has 0 aliphatic carbocycles. The molecule has 1 aromatic rings. The van der Waals surface area contributed by atoms with Crippen LogP contribution in [-0.2, 0) is 16.0 Å². The molecule has 1 saturated heterocycles. The number of hydrogen-bond donors (Lipinski definition) is 2. The third-order valence-corrected chi connectivity index (χ3v) is 3.93. The van der Waals surface area contributed by atoms with Crippen LogP contribution in [0, 0.1) is 0 Å². The molecule has 114 valence electrons. The van der Waals surface area contributed by atoms with Gasteiger partial charge in [-0.1, -0.05) is 24.3 Å². The summed E-state index contributed by atoms with van der Waals surface area (Å²) in [5.41, 5.74) is 2.09. The van der Waals surface area contributed by atoms with Gasteiger partial charge in [0.1, 0.15) is 0 Å². The summed E-state index contributed by atoms with van der Waals surface area (Å²) in [6, 6.07) is 7.76. The monoisotopic (exact) mass is 308 g/mol. The highest BCUT2D eigenvalue weighted by Gasteiger charge is 2.31. The van der Waals surface area contributed by atoms with Gasteiger partial charge >= 0.3 is 0 Å². The highest BCUT2D eigenvalue weighted by molar-refractivity contribution is 7.80. The van der Waals surface area contributed by atoms with Gasteiger partial charge in [-0.25, -0.2) is 0 Å². The van der Waals surface area contributed by atoms with Crippen LogP contribution in [0.4, 0.5) is 0 Å². The van der Waals surface area contributed by atoms with Crippen LogP contribution < -0.4 is 5.32 Å². The number of aliphatic hydroxyl groups excluding tert-OH is 1. The molecule has 2 N–H and O–H groups in total. The Morgan fingerprint density at radius 1 is 1.48 bits per heavy atom. The molecule has 0 bridgehead atoms. The smallest absolute Gasteiger partial charge is 0.228 e.